The van der Waals surface area contributed by atoms with Crippen molar-refractivity contribution in [2.24, 2.45) is 4.99 Å². The number of nitrogens with one attached hydrogen (secondary N) is 1. The molecule has 0 unspecified atom stereocenters. The third-order valence-electron chi connectivity index (χ3n) is 5.90. The third kappa shape index (κ3) is 5.00. The average Bonchev–Trinajstić information content (AvgIpc) is 3.22. The van der Waals surface area contributed by atoms with Crippen LogP contribution in [0.15, 0.2) is 59.6 Å². The van der Waals surface area contributed by atoms with Gasteiger partial charge in [0.15, 0.2) is 5.96 Å². The molecule has 0 saturated carbocycles. The second-order valence-corrected chi connectivity index (χ2v) is 7.96. The highest BCUT2D eigenvalue weighted by atomic mass is 16.2. The number of nitrogens with zero attached hydrogens (tertiary/aromatic N) is 4. The number of guanidine groups is 1. The van der Waals surface area contributed by atoms with Crippen LogP contribution in [0.1, 0.15) is 24.0 Å². The maximum atomic E-state index is 11.9. The Morgan fingerprint density at radius 2 is 1.67 bits per heavy atom. The molecule has 2 heterocycles. The summed E-state index contributed by atoms with van der Waals surface area (Å²) in [5, 5.41) is 3.49. The summed E-state index contributed by atoms with van der Waals surface area (Å²) >= 11 is 0. The summed E-state index contributed by atoms with van der Waals surface area (Å²) in [7, 11) is 1.85. The molecule has 2 saturated heterocycles. The molecule has 0 bridgehead atoms. The smallest absolute Gasteiger partial charge is 0.227 e. The summed E-state index contributed by atoms with van der Waals surface area (Å²) in [6.45, 7) is 6.59. The van der Waals surface area contributed by atoms with Gasteiger partial charge < -0.3 is 15.1 Å². The van der Waals surface area contributed by atoms with E-state index < -0.39 is 0 Å². The quantitative estimate of drug-likeness (QED) is 0.614. The van der Waals surface area contributed by atoms with Gasteiger partial charge in [-0.2, -0.15) is 0 Å². The number of carbonyl (C=O) groups excluding carboxylic acids is 1. The number of rotatable bonds is 5. The summed E-state index contributed by atoms with van der Waals surface area (Å²) in [6, 6.07) is 18.9. The fourth-order valence-corrected chi connectivity index (χ4v) is 4.19. The Bertz CT molecular complexity index is 857. The van der Waals surface area contributed by atoms with Gasteiger partial charge in [-0.1, -0.05) is 42.5 Å². The van der Waals surface area contributed by atoms with Gasteiger partial charge in [-0.25, -0.2) is 0 Å². The van der Waals surface area contributed by atoms with Crippen molar-refractivity contribution < 1.29 is 4.79 Å². The molecule has 2 aliphatic rings. The minimum atomic E-state index is 0.229. The molecule has 2 aromatic carbocycles. The van der Waals surface area contributed by atoms with Gasteiger partial charge in [-0.05, 0) is 29.7 Å². The summed E-state index contributed by atoms with van der Waals surface area (Å²) in [5.74, 6) is 1.18. The van der Waals surface area contributed by atoms with Crippen LogP contribution in [0.5, 0.6) is 0 Å². The molecule has 0 spiro atoms. The maximum Gasteiger partial charge on any atom is 0.227 e. The van der Waals surface area contributed by atoms with E-state index in [1.807, 2.05) is 24.1 Å². The van der Waals surface area contributed by atoms with Crippen molar-refractivity contribution in [3.63, 3.8) is 0 Å². The Morgan fingerprint density at radius 3 is 2.30 bits per heavy atom. The minimum Gasteiger partial charge on any atom is -0.352 e. The van der Waals surface area contributed by atoms with E-state index in [9.17, 15) is 4.79 Å². The van der Waals surface area contributed by atoms with Crippen molar-refractivity contribution in [3.8, 4) is 0 Å². The van der Waals surface area contributed by atoms with Gasteiger partial charge >= 0.3 is 0 Å². The van der Waals surface area contributed by atoms with Gasteiger partial charge in [-0.3, -0.25) is 14.7 Å². The van der Waals surface area contributed by atoms with Crippen molar-refractivity contribution >= 4 is 17.6 Å². The third-order valence-corrected chi connectivity index (χ3v) is 5.90. The summed E-state index contributed by atoms with van der Waals surface area (Å²) < 4.78 is 0. The number of carbonyl (C=O) groups is 1. The van der Waals surface area contributed by atoms with Crippen LogP contribution in [-0.4, -0.2) is 61.4 Å². The summed E-state index contributed by atoms with van der Waals surface area (Å²) in [6.07, 6.45) is 1.62. The molecular weight excluding hydrogens is 374 g/mol. The summed E-state index contributed by atoms with van der Waals surface area (Å²) in [5.41, 5.74) is 3.56. The number of amides is 1. The Hall–Kier alpha value is -2.86. The number of hydrogen-bond donors (Lipinski definition) is 1. The van der Waals surface area contributed by atoms with Crippen molar-refractivity contribution in [1.29, 1.82) is 0 Å². The monoisotopic (exact) mass is 405 g/mol. The molecule has 2 aliphatic heterocycles. The molecule has 1 N–H and O–H groups in total. The molecular formula is C24H31N5O. The summed E-state index contributed by atoms with van der Waals surface area (Å²) in [4.78, 5) is 23.1. The van der Waals surface area contributed by atoms with E-state index >= 15 is 0 Å². The molecule has 2 fully saturated rings. The zero-order valence-electron chi connectivity index (χ0n) is 17.8. The van der Waals surface area contributed by atoms with E-state index in [0.29, 0.717) is 6.42 Å². The number of piperazine rings is 1. The SMILES string of the molecule is CN=C(NCc1ccc(N2CCCC2=O)cc1)N1CCN(Cc2ccccc2)CC1. The molecule has 2 aromatic rings. The van der Waals surface area contributed by atoms with E-state index in [1.54, 1.807) is 0 Å². The first kappa shape index (κ1) is 20.4. The predicted molar refractivity (Wildman–Crippen MR) is 122 cm³/mol. The minimum absolute atomic E-state index is 0.229. The number of anilines is 1. The fourth-order valence-electron chi connectivity index (χ4n) is 4.19. The van der Waals surface area contributed by atoms with Crippen LogP contribution in [-0.2, 0) is 17.9 Å². The lowest BCUT2D eigenvalue weighted by Crippen LogP contribution is -2.52. The van der Waals surface area contributed by atoms with Crippen LogP contribution in [0, 0.1) is 0 Å². The van der Waals surface area contributed by atoms with Gasteiger partial charge in [0.25, 0.3) is 0 Å². The van der Waals surface area contributed by atoms with Crippen molar-refractivity contribution in [1.82, 2.24) is 15.1 Å². The first-order valence-corrected chi connectivity index (χ1v) is 10.8. The molecule has 30 heavy (non-hydrogen) atoms. The van der Waals surface area contributed by atoms with E-state index in [2.05, 4.69) is 62.6 Å². The molecule has 1 amide bonds. The predicted octanol–water partition coefficient (Wildman–Crippen LogP) is 2.71. The number of aliphatic imine (C=N–C) groups is 1. The zero-order valence-corrected chi connectivity index (χ0v) is 17.8. The molecule has 6 heteroatoms. The highest BCUT2D eigenvalue weighted by molar-refractivity contribution is 5.95. The highest BCUT2D eigenvalue weighted by Crippen LogP contribution is 2.21. The first-order valence-electron chi connectivity index (χ1n) is 10.8. The second kappa shape index (κ2) is 9.76. The van der Waals surface area contributed by atoms with Gasteiger partial charge in [0, 0.05) is 65.0 Å². The van der Waals surface area contributed by atoms with Crippen LogP contribution in [0.25, 0.3) is 0 Å². The van der Waals surface area contributed by atoms with Crippen LogP contribution >= 0.6 is 0 Å². The van der Waals surface area contributed by atoms with Crippen molar-refractivity contribution in [3.05, 3.63) is 65.7 Å². The van der Waals surface area contributed by atoms with Crippen LogP contribution in [0.3, 0.4) is 0 Å². The lowest BCUT2D eigenvalue weighted by Gasteiger charge is -2.36. The molecule has 0 atom stereocenters. The van der Waals surface area contributed by atoms with E-state index in [-0.39, 0.29) is 5.91 Å². The Morgan fingerprint density at radius 1 is 0.933 bits per heavy atom. The Kier molecular flexibility index (Phi) is 6.64. The molecule has 4 rings (SSSR count). The van der Waals surface area contributed by atoms with Gasteiger partial charge in [-0.15, -0.1) is 0 Å². The largest absolute Gasteiger partial charge is 0.352 e. The number of hydrogen-bond acceptors (Lipinski definition) is 3. The maximum absolute atomic E-state index is 11.9. The molecule has 6 nitrogen and oxygen atoms in total. The standard InChI is InChI=1S/C24H31N5O/c1-25-24(28-16-14-27(15-17-28)19-21-6-3-2-4-7-21)26-18-20-9-11-22(12-10-20)29-13-5-8-23(29)30/h2-4,6-7,9-12H,5,8,13-19H2,1H3,(H,25,26). The molecule has 0 radical (unpaired) electrons. The van der Waals surface area contributed by atoms with Crippen LogP contribution < -0.4 is 10.2 Å². The zero-order chi connectivity index (χ0) is 20.8. The lowest BCUT2D eigenvalue weighted by atomic mass is 10.2. The van der Waals surface area contributed by atoms with Gasteiger partial charge in [0.1, 0.15) is 0 Å². The van der Waals surface area contributed by atoms with Crippen molar-refractivity contribution in [2.45, 2.75) is 25.9 Å². The van der Waals surface area contributed by atoms with E-state index in [0.717, 1.165) is 63.9 Å². The topological polar surface area (TPSA) is 51.2 Å². The van der Waals surface area contributed by atoms with E-state index in [1.165, 1.54) is 11.1 Å². The Labute approximate surface area is 179 Å². The van der Waals surface area contributed by atoms with Crippen molar-refractivity contribution in [2.75, 3.05) is 44.7 Å². The fraction of sp³-hybridized carbons (Fsp3) is 0.417. The molecule has 158 valence electrons. The van der Waals surface area contributed by atoms with Gasteiger partial charge in [0.05, 0.1) is 0 Å². The molecule has 0 aromatic heterocycles. The normalized spacial score (nSPS) is 18.2. The molecule has 0 aliphatic carbocycles. The highest BCUT2D eigenvalue weighted by Gasteiger charge is 2.22. The average molecular weight is 406 g/mol. The number of benzene rings is 2. The Balaban J connectivity index is 1.25. The van der Waals surface area contributed by atoms with Gasteiger partial charge in [0.2, 0.25) is 5.91 Å². The van der Waals surface area contributed by atoms with Crippen LogP contribution in [0.2, 0.25) is 0 Å². The second-order valence-electron chi connectivity index (χ2n) is 7.96. The first-order chi connectivity index (χ1) is 14.7. The lowest BCUT2D eigenvalue weighted by molar-refractivity contribution is -0.117. The van der Waals surface area contributed by atoms with E-state index in [4.69, 9.17) is 0 Å². The van der Waals surface area contributed by atoms with Crippen LogP contribution in [0.4, 0.5) is 5.69 Å².